The Morgan fingerprint density at radius 1 is 1.35 bits per heavy atom. The van der Waals surface area contributed by atoms with E-state index in [1.807, 2.05) is 52.0 Å². The van der Waals surface area contributed by atoms with E-state index >= 15 is 0 Å². The predicted molar refractivity (Wildman–Crippen MR) is 75.8 cm³/mol. The van der Waals surface area contributed by atoms with Crippen molar-refractivity contribution in [3.63, 3.8) is 0 Å². The van der Waals surface area contributed by atoms with Gasteiger partial charge >= 0.3 is 6.72 Å². The molecule has 1 aromatic rings. The Morgan fingerprint density at radius 2 is 1.94 bits per heavy atom. The Balaban J connectivity index is 2.79. The maximum absolute atomic E-state index is 12.5. The summed E-state index contributed by atoms with van der Waals surface area (Å²) in [4.78, 5) is 0. The minimum Gasteiger partial charge on any atom is -0.426 e. The zero-order chi connectivity index (χ0) is 12.9. The van der Waals surface area contributed by atoms with Gasteiger partial charge in [-0.3, -0.25) is 0 Å². The molecular weight excluding hydrogens is 253 g/mol. The molecule has 0 saturated heterocycles. The third-order valence-electron chi connectivity index (χ3n) is 1.96. The summed E-state index contributed by atoms with van der Waals surface area (Å²) in [6, 6.07) is 7.72. The summed E-state index contributed by atoms with van der Waals surface area (Å²) in [5, 5.41) is 3.02. The van der Waals surface area contributed by atoms with Gasteiger partial charge in [-0.1, -0.05) is 24.6 Å². The molecule has 1 rings (SSSR count). The molecule has 0 heterocycles. The molecule has 17 heavy (non-hydrogen) atoms. The number of aryl methyl sites for hydroxylation is 1. The number of hydrogen-bond acceptors (Lipinski definition) is 3. The molecule has 0 saturated carbocycles. The van der Waals surface area contributed by atoms with Crippen molar-refractivity contribution >= 4 is 18.1 Å². The lowest BCUT2D eigenvalue weighted by Gasteiger charge is -2.21. The van der Waals surface area contributed by atoms with Crippen molar-refractivity contribution in [3.05, 3.63) is 29.8 Å². The van der Waals surface area contributed by atoms with Gasteiger partial charge in [-0.05, 0) is 44.3 Å². The number of nitrogens with one attached hydrogen (secondary N) is 1. The fourth-order valence-corrected chi connectivity index (χ4v) is 5.16. The summed E-state index contributed by atoms with van der Waals surface area (Å²) in [6.07, 6.45) is 0. The van der Waals surface area contributed by atoms with Crippen LogP contribution in [-0.2, 0) is 4.57 Å². The van der Waals surface area contributed by atoms with Gasteiger partial charge in [0.2, 0.25) is 0 Å². The van der Waals surface area contributed by atoms with Gasteiger partial charge in [0.25, 0.3) is 0 Å². The summed E-state index contributed by atoms with van der Waals surface area (Å²) in [6.45, 7) is 5.05. The zero-order valence-corrected chi connectivity index (χ0v) is 12.5. The third kappa shape index (κ3) is 5.15. The van der Waals surface area contributed by atoms with Crippen molar-refractivity contribution in [1.82, 2.24) is 5.09 Å². The maximum Gasteiger partial charge on any atom is 0.374 e. The predicted octanol–water partition coefficient (Wildman–Crippen LogP) is 4.23. The molecule has 1 unspecified atom stereocenters. The lowest BCUT2D eigenvalue weighted by Crippen LogP contribution is -2.20. The van der Waals surface area contributed by atoms with Crippen LogP contribution in [0.25, 0.3) is 0 Å². The number of benzene rings is 1. The highest BCUT2D eigenvalue weighted by atomic mass is 32.7. The largest absolute Gasteiger partial charge is 0.426 e. The average Bonchev–Trinajstić information content (AvgIpc) is 2.20. The molecule has 0 amide bonds. The first-order valence-corrected chi connectivity index (χ1v) is 8.95. The van der Waals surface area contributed by atoms with Crippen LogP contribution in [0.4, 0.5) is 0 Å². The van der Waals surface area contributed by atoms with Gasteiger partial charge in [-0.25, -0.2) is 9.65 Å². The molecule has 3 nitrogen and oxygen atoms in total. The molecule has 0 aromatic heterocycles. The highest BCUT2D eigenvalue weighted by Gasteiger charge is 2.25. The molecule has 0 bridgehead atoms. The van der Waals surface area contributed by atoms with E-state index in [1.165, 1.54) is 11.4 Å². The van der Waals surface area contributed by atoms with Gasteiger partial charge in [0, 0.05) is 11.8 Å². The van der Waals surface area contributed by atoms with E-state index in [9.17, 15) is 4.57 Å². The molecule has 0 aliphatic carbocycles. The SMILES string of the molecule is CCSP(=O)(NC(C)C)Oc1ccc(C)cc1. The fourth-order valence-electron chi connectivity index (χ4n) is 1.31. The van der Waals surface area contributed by atoms with Gasteiger partial charge in [0.05, 0.1) is 0 Å². The van der Waals surface area contributed by atoms with Crippen LogP contribution in [0, 0.1) is 6.92 Å². The maximum atomic E-state index is 12.5. The van der Waals surface area contributed by atoms with Crippen LogP contribution < -0.4 is 9.61 Å². The molecule has 5 heteroatoms. The Labute approximate surface area is 108 Å². The van der Waals surface area contributed by atoms with Crippen molar-refractivity contribution in [2.45, 2.75) is 33.7 Å². The Morgan fingerprint density at radius 3 is 2.41 bits per heavy atom. The van der Waals surface area contributed by atoms with E-state index in [0.717, 1.165) is 11.3 Å². The van der Waals surface area contributed by atoms with Gasteiger partial charge in [-0.15, -0.1) is 0 Å². The van der Waals surface area contributed by atoms with E-state index < -0.39 is 6.72 Å². The second-order valence-corrected chi connectivity index (χ2v) is 8.59. The normalized spacial score (nSPS) is 14.6. The van der Waals surface area contributed by atoms with Gasteiger partial charge in [-0.2, -0.15) is 0 Å². The van der Waals surface area contributed by atoms with Crippen LogP contribution in [0.1, 0.15) is 26.3 Å². The minimum absolute atomic E-state index is 0.130. The summed E-state index contributed by atoms with van der Waals surface area (Å²) in [5.41, 5.74) is 1.16. The standard InChI is InChI=1S/C12H20NO2PS/c1-5-17-16(14,13-10(2)3)15-12-8-6-11(4)7-9-12/h6-10H,5H2,1-4H3,(H,13,14). The van der Waals surface area contributed by atoms with Crippen LogP contribution in [0.3, 0.4) is 0 Å². The zero-order valence-electron chi connectivity index (χ0n) is 10.8. The number of hydrogen-bond donors (Lipinski definition) is 1. The summed E-state index contributed by atoms with van der Waals surface area (Å²) >= 11 is 1.33. The van der Waals surface area contributed by atoms with Crippen molar-refractivity contribution in [2.24, 2.45) is 0 Å². The molecular formula is C12H20NO2PS. The van der Waals surface area contributed by atoms with Crippen LogP contribution in [-0.4, -0.2) is 11.8 Å². The first kappa shape index (κ1) is 14.6. The van der Waals surface area contributed by atoms with Gasteiger partial charge in [0.15, 0.2) is 0 Å². The monoisotopic (exact) mass is 273 g/mol. The summed E-state index contributed by atoms with van der Waals surface area (Å²) < 4.78 is 18.1. The van der Waals surface area contributed by atoms with Crippen LogP contribution in [0.5, 0.6) is 5.75 Å². The molecule has 1 N–H and O–H groups in total. The fraction of sp³-hybridized carbons (Fsp3) is 0.500. The van der Waals surface area contributed by atoms with Crippen LogP contribution >= 0.6 is 18.1 Å². The van der Waals surface area contributed by atoms with Crippen molar-refractivity contribution in [2.75, 3.05) is 5.75 Å². The first-order chi connectivity index (χ1) is 7.95. The van der Waals surface area contributed by atoms with E-state index in [2.05, 4.69) is 5.09 Å². The summed E-state index contributed by atoms with van der Waals surface area (Å²) in [5.74, 6) is 1.40. The molecule has 0 aliphatic rings. The molecule has 1 aromatic carbocycles. The molecule has 0 spiro atoms. The molecule has 0 aliphatic heterocycles. The number of rotatable bonds is 6. The van der Waals surface area contributed by atoms with Crippen molar-refractivity contribution < 1.29 is 9.09 Å². The lowest BCUT2D eigenvalue weighted by atomic mass is 10.2. The Hall–Kier alpha value is -0.440. The quantitative estimate of drug-likeness (QED) is 0.787. The van der Waals surface area contributed by atoms with E-state index in [0.29, 0.717) is 5.75 Å². The summed E-state index contributed by atoms with van der Waals surface area (Å²) in [7, 11) is 0. The van der Waals surface area contributed by atoms with Gasteiger partial charge < -0.3 is 4.52 Å². The van der Waals surface area contributed by atoms with Crippen molar-refractivity contribution in [1.29, 1.82) is 0 Å². The van der Waals surface area contributed by atoms with Crippen LogP contribution in [0.15, 0.2) is 24.3 Å². The Bertz CT molecular complexity index is 392. The van der Waals surface area contributed by atoms with E-state index in [-0.39, 0.29) is 6.04 Å². The Kier molecular flexibility index (Phi) is 5.57. The third-order valence-corrected chi connectivity index (χ3v) is 6.18. The second-order valence-electron chi connectivity index (χ2n) is 4.10. The van der Waals surface area contributed by atoms with Crippen LogP contribution in [0.2, 0.25) is 0 Å². The highest BCUT2D eigenvalue weighted by Crippen LogP contribution is 2.55. The molecule has 1 atom stereocenters. The topological polar surface area (TPSA) is 38.3 Å². The minimum atomic E-state index is -2.85. The molecule has 0 radical (unpaired) electrons. The van der Waals surface area contributed by atoms with Crippen molar-refractivity contribution in [3.8, 4) is 5.75 Å². The smallest absolute Gasteiger partial charge is 0.374 e. The molecule has 96 valence electrons. The lowest BCUT2D eigenvalue weighted by molar-refractivity contribution is 0.478. The van der Waals surface area contributed by atoms with E-state index in [1.54, 1.807) is 0 Å². The first-order valence-electron chi connectivity index (χ1n) is 5.74. The highest BCUT2D eigenvalue weighted by molar-refractivity contribution is 8.56. The average molecular weight is 273 g/mol. The second kappa shape index (κ2) is 6.48. The molecule has 0 fully saturated rings. The van der Waals surface area contributed by atoms with E-state index in [4.69, 9.17) is 4.52 Å². The van der Waals surface area contributed by atoms with Gasteiger partial charge in [0.1, 0.15) is 5.75 Å².